The van der Waals surface area contributed by atoms with Crippen molar-refractivity contribution < 1.29 is 19.4 Å². The predicted molar refractivity (Wildman–Crippen MR) is 60.3 cm³/mol. The van der Waals surface area contributed by atoms with Crippen LogP contribution in [-0.2, 0) is 14.3 Å². The van der Waals surface area contributed by atoms with Crippen molar-refractivity contribution in [3.8, 4) is 0 Å². The number of hydrogen-bond donors (Lipinski definition) is 2. The number of unbranched alkanes of at least 4 members (excludes halogenated alkanes) is 1. The highest BCUT2D eigenvalue weighted by Gasteiger charge is 2.52. The molecule has 1 saturated heterocycles. The summed E-state index contributed by atoms with van der Waals surface area (Å²) >= 11 is 0. The van der Waals surface area contributed by atoms with E-state index in [1.807, 2.05) is 6.92 Å². The summed E-state index contributed by atoms with van der Waals surface area (Å²) in [5, 5.41) is 11.9. The monoisotopic (exact) mass is 239 g/mol. The molecule has 17 heavy (non-hydrogen) atoms. The predicted octanol–water partition coefficient (Wildman–Crippen LogP) is 0.557. The second-order valence-electron chi connectivity index (χ2n) is 4.48. The molecule has 1 fully saturated rings. The Bertz CT molecular complexity index is 352. The SMILES string of the molecule is CCCCNC(=O)[C@@H]1[C@@H](C(=O)O)[C@H]2C=C[C@H]1O2. The van der Waals surface area contributed by atoms with E-state index in [4.69, 9.17) is 9.84 Å². The molecule has 0 aromatic rings. The van der Waals surface area contributed by atoms with Gasteiger partial charge in [0.15, 0.2) is 0 Å². The number of carboxylic acid groups (broad SMARTS) is 1. The molecule has 0 saturated carbocycles. The first-order chi connectivity index (χ1) is 8.15. The minimum absolute atomic E-state index is 0.206. The van der Waals surface area contributed by atoms with E-state index < -0.39 is 23.9 Å². The second kappa shape index (κ2) is 4.87. The quantitative estimate of drug-likeness (QED) is 0.543. The van der Waals surface area contributed by atoms with Gasteiger partial charge in [-0.15, -0.1) is 0 Å². The number of carboxylic acids is 1. The Labute approximate surface area is 99.8 Å². The summed E-state index contributed by atoms with van der Waals surface area (Å²) < 4.78 is 5.43. The lowest BCUT2D eigenvalue weighted by Crippen LogP contribution is -2.42. The number of rotatable bonds is 5. The molecule has 5 nitrogen and oxygen atoms in total. The number of carbonyl (C=O) groups is 2. The van der Waals surface area contributed by atoms with Gasteiger partial charge in [0.2, 0.25) is 5.91 Å². The maximum atomic E-state index is 11.9. The lowest BCUT2D eigenvalue weighted by Gasteiger charge is -2.20. The molecule has 2 aliphatic rings. The summed E-state index contributed by atoms with van der Waals surface area (Å²) in [5.41, 5.74) is 0. The standard InChI is InChI=1S/C12H17NO4/c1-2-3-6-13-11(14)9-7-4-5-8(17-7)10(9)12(15)16/h4-5,7-10H,2-3,6H2,1H3,(H,13,14)(H,15,16)/t7-,8-,9+,10+/m1/s1. The first-order valence-electron chi connectivity index (χ1n) is 5.99. The topological polar surface area (TPSA) is 75.6 Å². The second-order valence-corrected chi connectivity index (χ2v) is 4.48. The van der Waals surface area contributed by atoms with Crippen LogP contribution in [0.2, 0.25) is 0 Å². The fraction of sp³-hybridized carbons (Fsp3) is 0.667. The van der Waals surface area contributed by atoms with Gasteiger partial charge in [0.05, 0.1) is 18.1 Å². The highest BCUT2D eigenvalue weighted by Crippen LogP contribution is 2.39. The molecule has 2 aliphatic heterocycles. The van der Waals surface area contributed by atoms with Gasteiger partial charge in [0, 0.05) is 6.54 Å². The average Bonchev–Trinajstić information content (AvgIpc) is 2.88. The van der Waals surface area contributed by atoms with Crippen LogP contribution in [0.1, 0.15) is 19.8 Å². The molecule has 2 heterocycles. The Kier molecular flexibility index (Phi) is 3.47. The normalized spacial score (nSPS) is 33.9. The number of aliphatic carboxylic acids is 1. The van der Waals surface area contributed by atoms with Gasteiger partial charge in [-0.3, -0.25) is 9.59 Å². The number of fused-ring (bicyclic) bond motifs is 2. The summed E-state index contributed by atoms with van der Waals surface area (Å²) in [7, 11) is 0. The molecule has 2 N–H and O–H groups in total. The Hall–Kier alpha value is -1.36. The zero-order valence-electron chi connectivity index (χ0n) is 9.76. The van der Waals surface area contributed by atoms with Crippen LogP contribution in [0.5, 0.6) is 0 Å². The van der Waals surface area contributed by atoms with Crippen LogP contribution in [0.15, 0.2) is 12.2 Å². The van der Waals surface area contributed by atoms with Gasteiger partial charge >= 0.3 is 5.97 Å². The van der Waals surface area contributed by atoms with Crippen LogP contribution >= 0.6 is 0 Å². The van der Waals surface area contributed by atoms with Gasteiger partial charge in [0.1, 0.15) is 5.92 Å². The van der Waals surface area contributed by atoms with Crippen LogP contribution in [0, 0.1) is 11.8 Å². The van der Waals surface area contributed by atoms with E-state index in [-0.39, 0.29) is 12.0 Å². The van der Waals surface area contributed by atoms with E-state index in [2.05, 4.69) is 5.32 Å². The molecule has 0 unspecified atom stereocenters. The highest BCUT2D eigenvalue weighted by molar-refractivity contribution is 5.87. The molecule has 0 radical (unpaired) electrons. The summed E-state index contributed by atoms with van der Waals surface area (Å²) in [5.74, 6) is -2.49. The number of hydrogen-bond acceptors (Lipinski definition) is 3. The van der Waals surface area contributed by atoms with Crippen molar-refractivity contribution in [1.82, 2.24) is 5.32 Å². The fourth-order valence-electron chi connectivity index (χ4n) is 2.42. The maximum Gasteiger partial charge on any atom is 0.310 e. The van der Waals surface area contributed by atoms with E-state index in [0.717, 1.165) is 12.8 Å². The van der Waals surface area contributed by atoms with Crippen LogP contribution in [0.3, 0.4) is 0 Å². The number of carbonyl (C=O) groups excluding carboxylic acids is 1. The van der Waals surface area contributed by atoms with Crippen molar-refractivity contribution in [2.45, 2.75) is 32.0 Å². The third-order valence-electron chi connectivity index (χ3n) is 3.32. The van der Waals surface area contributed by atoms with Crippen molar-refractivity contribution in [3.63, 3.8) is 0 Å². The highest BCUT2D eigenvalue weighted by atomic mass is 16.5. The number of ether oxygens (including phenoxy) is 1. The van der Waals surface area contributed by atoms with Gasteiger partial charge in [0.25, 0.3) is 0 Å². The minimum atomic E-state index is -0.961. The van der Waals surface area contributed by atoms with Crippen molar-refractivity contribution in [1.29, 1.82) is 0 Å². The van der Waals surface area contributed by atoms with Gasteiger partial charge < -0.3 is 15.2 Å². The van der Waals surface area contributed by atoms with Crippen molar-refractivity contribution in [2.75, 3.05) is 6.54 Å². The largest absolute Gasteiger partial charge is 0.481 e. The minimum Gasteiger partial charge on any atom is -0.481 e. The maximum absolute atomic E-state index is 11.9. The van der Waals surface area contributed by atoms with Crippen LogP contribution < -0.4 is 5.32 Å². The van der Waals surface area contributed by atoms with Crippen molar-refractivity contribution in [3.05, 3.63) is 12.2 Å². The molecule has 5 heteroatoms. The summed E-state index contributed by atoms with van der Waals surface area (Å²) in [6, 6.07) is 0. The first kappa shape index (κ1) is 12.1. The number of amides is 1. The van der Waals surface area contributed by atoms with E-state index in [1.165, 1.54) is 0 Å². The van der Waals surface area contributed by atoms with Gasteiger partial charge in [-0.25, -0.2) is 0 Å². The Morgan fingerprint density at radius 2 is 1.94 bits per heavy atom. The molecule has 2 rings (SSSR count). The molecule has 4 atom stereocenters. The fourth-order valence-corrected chi connectivity index (χ4v) is 2.42. The van der Waals surface area contributed by atoms with Gasteiger partial charge in [-0.05, 0) is 6.42 Å². The van der Waals surface area contributed by atoms with E-state index in [0.29, 0.717) is 6.54 Å². The van der Waals surface area contributed by atoms with Crippen molar-refractivity contribution in [2.24, 2.45) is 11.8 Å². The van der Waals surface area contributed by atoms with E-state index in [1.54, 1.807) is 12.2 Å². The molecule has 94 valence electrons. The zero-order valence-corrected chi connectivity index (χ0v) is 9.76. The van der Waals surface area contributed by atoms with Crippen LogP contribution in [0.25, 0.3) is 0 Å². The van der Waals surface area contributed by atoms with E-state index >= 15 is 0 Å². The van der Waals surface area contributed by atoms with Gasteiger partial charge in [-0.1, -0.05) is 25.5 Å². The smallest absolute Gasteiger partial charge is 0.310 e. The lowest BCUT2D eigenvalue weighted by molar-refractivity contribution is -0.146. The molecule has 0 aromatic carbocycles. The molecule has 2 bridgehead atoms. The third kappa shape index (κ3) is 2.20. The molecular weight excluding hydrogens is 222 g/mol. The van der Waals surface area contributed by atoms with Crippen LogP contribution in [-0.4, -0.2) is 35.7 Å². The van der Waals surface area contributed by atoms with E-state index in [9.17, 15) is 9.59 Å². The Morgan fingerprint density at radius 1 is 1.29 bits per heavy atom. The Balaban J connectivity index is 2.01. The van der Waals surface area contributed by atoms with Crippen LogP contribution in [0.4, 0.5) is 0 Å². The molecule has 1 amide bonds. The first-order valence-corrected chi connectivity index (χ1v) is 5.99. The Morgan fingerprint density at radius 3 is 2.53 bits per heavy atom. The lowest BCUT2D eigenvalue weighted by atomic mass is 9.82. The number of nitrogens with one attached hydrogen (secondary N) is 1. The average molecular weight is 239 g/mol. The molecule has 0 aliphatic carbocycles. The summed E-state index contributed by atoms with van der Waals surface area (Å²) in [6.45, 7) is 2.63. The zero-order chi connectivity index (χ0) is 12.4. The van der Waals surface area contributed by atoms with Gasteiger partial charge in [-0.2, -0.15) is 0 Å². The molecule has 0 spiro atoms. The molecular formula is C12H17NO4. The third-order valence-corrected chi connectivity index (χ3v) is 3.32. The molecule has 0 aromatic heterocycles. The summed E-state index contributed by atoms with van der Waals surface area (Å²) in [6.07, 6.45) is 4.60. The summed E-state index contributed by atoms with van der Waals surface area (Å²) in [4.78, 5) is 23.1. The van der Waals surface area contributed by atoms with Crippen molar-refractivity contribution >= 4 is 11.9 Å².